The smallest absolute Gasteiger partial charge is 0.0468 e. The van der Waals surface area contributed by atoms with Gasteiger partial charge in [0.2, 0.25) is 0 Å². The van der Waals surface area contributed by atoms with E-state index in [-0.39, 0.29) is 0 Å². The highest BCUT2D eigenvalue weighted by Crippen LogP contribution is 2.49. The molecule has 0 aromatic heterocycles. The average Bonchev–Trinajstić information content (AvgIpc) is 3.31. The molecule has 0 fully saturated rings. The summed E-state index contributed by atoms with van der Waals surface area (Å²) in [6, 6.07) is 84.4. The minimum atomic E-state index is 1.10. The maximum Gasteiger partial charge on any atom is 0.0468 e. The summed E-state index contributed by atoms with van der Waals surface area (Å²) in [7, 11) is 0. The van der Waals surface area contributed by atoms with E-state index in [2.05, 4.69) is 254 Å². The zero-order chi connectivity index (χ0) is 41.6. The van der Waals surface area contributed by atoms with Crippen molar-refractivity contribution in [3.05, 3.63) is 242 Å². The van der Waals surface area contributed by atoms with Crippen LogP contribution in [0, 0.1) is 13.8 Å². The Kier molecular flexibility index (Phi) is 9.32. The van der Waals surface area contributed by atoms with E-state index in [4.69, 9.17) is 0 Å². The van der Waals surface area contributed by atoms with Gasteiger partial charge in [-0.2, -0.15) is 0 Å². The molecule has 2 heteroatoms. The molecule has 0 unspecified atom stereocenters. The van der Waals surface area contributed by atoms with E-state index in [1.165, 1.54) is 76.5 Å². The average molecular weight is 793 g/mol. The van der Waals surface area contributed by atoms with E-state index in [9.17, 15) is 0 Å². The van der Waals surface area contributed by atoms with Crippen LogP contribution in [0.5, 0.6) is 0 Å². The summed E-state index contributed by atoms with van der Waals surface area (Å²) in [6.45, 7) is 4.42. The van der Waals surface area contributed by atoms with Crippen molar-refractivity contribution in [1.82, 2.24) is 0 Å². The minimum Gasteiger partial charge on any atom is -0.310 e. The first-order valence-electron chi connectivity index (χ1n) is 21.4. The molecule has 0 radical (unpaired) electrons. The molecule has 11 aromatic rings. The quantitative estimate of drug-likeness (QED) is 0.141. The molecule has 0 amide bonds. The highest BCUT2D eigenvalue weighted by atomic mass is 15.1. The van der Waals surface area contributed by atoms with Crippen LogP contribution in [0.25, 0.3) is 65.3 Å². The summed E-state index contributed by atoms with van der Waals surface area (Å²) in [4.78, 5) is 4.77. The van der Waals surface area contributed by atoms with E-state index >= 15 is 0 Å². The van der Waals surface area contributed by atoms with Crippen LogP contribution in [0.1, 0.15) is 11.1 Å². The van der Waals surface area contributed by atoms with Crippen molar-refractivity contribution in [2.75, 3.05) is 9.80 Å². The zero-order valence-corrected chi connectivity index (χ0v) is 34.8. The van der Waals surface area contributed by atoms with Gasteiger partial charge in [-0.05, 0) is 158 Å². The number of nitrogens with zero attached hydrogens (tertiary/aromatic N) is 2. The standard InChI is InChI=1S/C60H44N2/c1-41-34-42(2)36-48(35-41)60-56-33-31-54(62(51-24-10-5-11-25-51)52-29-28-44-17-13-15-19-46(44)38-52)40-57(56)59(47-27-26-43-16-12-14-18-45(43)37-47)55-32-30-53(39-58(55)60)61(49-20-6-3-7-21-49)50-22-8-4-9-23-50/h3-40H,1-2H3. The van der Waals surface area contributed by atoms with E-state index < -0.39 is 0 Å². The summed E-state index contributed by atoms with van der Waals surface area (Å²) < 4.78 is 0. The van der Waals surface area contributed by atoms with Gasteiger partial charge >= 0.3 is 0 Å². The summed E-state index contributed by atoms with van der Waals surface area (Å²) in [5.41, 5.74) is 14.0. The van der Waals surface area contributed by atoms with Gasteiger partial charge in [-0.25, -0.2) is 0 Å². The monoisotopic (exact) mass is 792 g/mol. The van der Waals surface area contributed by atoms with Crippen molar-refractivity contribution >= 4 is 77.2 Å². The molecule has 0 atom stereocenters. The molecule has 0 aliphatic rings. The molecule has 11 rings (SSSR count). The van der Waals surface area contributed by atoms with Crippen molar-refractivity contribution in [3.63, 3.8) is 0 Å². The molecular formula is C60H44N2. The van der Waals surface area contributed by atoms with Gasteiger partial charge < -0.3 is 9.80 Å². The fourth-order valence-corrected chi connectivity index (χ4v) is 9.51. The van der Waals surface area contributed by atoms with Gasteiger partial charge in [-0.1, -0.05) is 163 Å². The first-order chi connectivity index (χ1) is 30.6. The first-order valence-corrected chi connectivity index (χ1v) is 21.4. The Bertz CT molecular complexity index is 3370. The Hall–Kier alpha value is -7.94. The molecule has 0 aliphatic heterocycles. The molecule has 0 aliphatic carbocycles. The molecule has 0 bridgehead atoms. The number of benzene rings is 11. The van der Waals surface area contributed by atoms with Gasteiger partial charge in [0.1, 0.15) is 0 Å². The fourth-order valence-electron chi connectivity index (χ4n) is 9.51. The van der Waals surface area contributed by atoms with Gasteiger partial charge in [0.15, 0.2) is 0 Å². The van der Waals surface area contributed by atoms with E-state index in [0.29, 0.717) is 0 Å². The van der Waals surface area contributed by atoms with Crippen LogP contribution in [0.15, 0.2) is 231 Å². The summed E-state index contributed by atoms with van der Waals surface area (Å²) in [6.07, 6.45) is 0. The van der Waals surface area contributed by atoms with E-state index in [1.807, 2.05) is 0 Å². The molecular weight excluding hydrogens is 749 g/mol. The number of para-hydroxylation sites is 3. The van der Waals surface area contributed by atoms with Gasteiger partial charge in [0.25, 0.3) is 0 Å². The van der Waals surface area contributed by atoms with Crippen LogP contribution in [-0.4, -0.2) is 0 Å². The van der Waals surface area contributed by atoms with Gasteiger partial charge in [-0.15, -0.1) is 0 Å². The minimum absolute atomic E-state index is 1.10. The predicted octanol–water partition coefficient (Wildman–Crippen LogP) is 17.2. The summed E-state index contributed by atoms with van der Waals surface area (Å²) >= 11 is 0. The Labute approximate surface area is 363 Å². The maximum absolute atomic E-state index is 2.43. The second-order valence-electron chi connectivity index (χ2n) is 16.4. The van der Waals surface area contributed by atoms with Crippen molar-refractivity contribution in [3.8, 4) is 22.3 Å². The number of anilines is 6. The Morgan fingerprint density at radius 3 is 1.15 bits per heavy atom. The number of hydrogen-bond donors (Lipinski definition) is 0. The van der Waals surface area contributed by atoms with E-state index in [1.54, 1.807) is 0 Å². The van der Waals surface area contributed by atoms with Crippen LogP contribution < -0.4 is 9.80 Å². The van der Waals surface area contributed by atoms with Crippen molar-refractivity contribution in [2.45, 2.75) is 13.8 Å². The van der Waals surface area contributed by atoms with Crippen LogP contribution in [0.4, 0.5) is 34.1 Å². The molecule has 11 aromatic carbocycles. The third-order valence-corrected chi connectivity index (χ3v) is 12.2. The van der Waals surface area contributed by atoms with Gasteiger partial charge in [-0.3, -0.25) is 0 Å². The lowest BCUT2D eigenvalue weighted by atomic mass is 9.84. The molecule has 2 nitrogen and oxygen atoms in total. The second-order valence-corrected chi connectivity index (χ2v) is 16.4. The van der Waals surface area contributed by atoms with Crippen LogP contribution >= 0.6 is 0 Å². The Balaban J connectivity index is 1.25. The highest BCUT2D eigenvalue weighted by molar-refractivity contribution is 6.23. The predicted molar refractivity (Wildman–Crippen MR) is 266 cm³/mol. The zero-order valence-electron chi connectivity index (χ0n) is 34.8. The number of fused-ring (bicyclic) bond motifs is 4. The lowest BCUT2D eigenvalue weighted by Crippen LogP contribution is -2.10. The van der Waals surface area contributed by atoms with Crippen molar-refractivity contribution in [1.29, 1.82) is 0 Å². The van der Waals surface area contributed by atoms with Crippen LogP contribution in [-0.2, 0) is 0 Å². The molecule has 62 heavy (non-hydrogen) atoms. The molecule has 0 N–H and O–H groups in total. The Morgan fingerprint density at radius 1 is 0.242 bits per heavy atom. The number of rotatable bonds is 8. The fraction of sp³-hybridized carbons (Fsp3) is 0.0333. The summed E-state index contributed by atoms with van der Waals surface area (Å²) in [5, 5.41) is 9.72. The lowest BCUT2D eigenvalue weighted by Gasteiger charge is -2.28. The lowest BCUT2D eigenvalue weighted by molar-refractivity contribution is 1.29. The SMILES string of the molecule is Cc1cc(C)cc(-c2c3ccc(N(c4ccccc4)c4ccc5ccccc5c4)cc3c(-c3ccc4ccccc4c3)c3ccc(N(c4ccccc4)c4ccccc4)cc23)c1. The third kappa shape index (κ3) is 6.73. The van der Waals surface area contributed by atoms with Gasteiger partial charge in [0, 0.05) is 34.1 Å². The molecule has 0 spiro atoms. The molecule has 0 saturated carbocycles. The number of aryl methyl sites for hydroxylation is 2. The number of hydrogen-bond acceptors (Lipinski definition) is 2. The summed E-state index contributed by atoms with van der Waals surface area (Å²) in [5.74, 6) is 0. The van der Waals surface area contributed by atoms with Gasteiger partial charge in [0.05, 0.1) is 0 Å². The van der Waals surface area contributed by atoms with Crippen molar-refractivity contribution in [2.24, 2.45) is 0 Å². The second kappa shape index (κ2) is 15.6. The molecule has 0 heterocycles. The largest absolute Gasteiger partial charge is 0.310 e. The topological polar surface area (TPSA) is 6.48 Å². The van der Waals surface area contributed by atoms with Crippen molar-refractivity contribution < 1.29 is 0 Å². The first kappa shape index (κ1) is 37.1. The normalized spacial score (nSPS) is 11.4. The Morgan fingerprint density at radius 2 is 0.629 bits per heavy atom. The van der Waals surface area contributed by atoms with E-state index in [0.717, 1.165) is 34.1 Å². The highest BCUT2D eigenvalue weighted by Gasteiger charge is 2.22. The van der Waals surface area contributed by atoms with Crippen LogP contribution in [0.3, 0.4) is 0 Å². The molecule has 294 valence electrons. The third-order valence-electron chi connectivity index (χ3n) is 12.2. The molecule has 0 saturated heterocycles. The maximum atomic E-state index is 2.43. The van der Waals surface area contributed by atoms with Crippen LogP contribution in [0.2, 0.25) is 0 Å².